The van der Waals surface area contributed by atoms with Gasteiger partial charge in [-0.15, -0.1) is 0 Å². The first-order valence-corrected chi connectivity index (χ1v) is 8.97. The first-order chi connectivity index (χ1) is 11.0. The molecule has 0 aromatic heterocycles. The molecule has 120 valence electrons. The predicted molar refractivity (Wildman–Crippen MR) is 102 cm³/mol. The second kappa shape index (κ2) is 6.35. The predicted octanol–water partition coefficient (Wildman–Crippen LogP) is 6.52. The summed E-state index contributed by atoms with van der Waals surface area (Å²) in [4.78, 5) is 0. The van der Waals surface area contributed by atoms with Crippen LogP contribution in [-0.2, 0) is 12.8 Å². The van der Waals surface area contributed by atoms with Crippen LogP contribution < -0.4 is 0 Å². The summed E-state index contributed by atoms with van der Waals surface area (Å²) in [5.41, 5.74) is 11.6. The molecule has 0 fully saturated rings. The summed E-state index contributed by atoms with van der Waals surface area (Å²) in [5.74, 6) is 0.680. The van der Waals surface area contributed by atoms with Crippen LogP contribution >= 0.6 is 0 Å². The van der Waals surface area contributed by atoms with E-state index in [1.165, 1.54) is 45.4 Å². The average molecular weight is 304 g/mol. The summed E-state index contributed by atoms with van der Waals surface area (Å²) >= 11 is 0. The molecule has 0 heteroatoms. The second-order valence-corrected chi connectivity index (χ2v) is 7.11. The lowest BCUT2D eigenvalue weighted by atomic mass is 9.89. The van der Waals surface area contributed by atoms with Gasteiger partial charge in [0.15, 0.2) is 0 Å². The number of hydrogen-bond acceptors (Lipinski definition) is 0. The molecule has 0 bridgehead atoms. The lowest BCUT2D eigenvalue weighted by Crippen LogP contribution is -1.97. The van der Waals surface area contributed by atoms with Crippen LogP contribution in [0.15, 0.2) is 35.9 Å². The summed E-state index contributed by atoms with van der Waals surface area (Å²) < 4.78 is 0. The van der Waals surface area contributed by atoms with Crippen LogP contribution in [0.2, 0.25) is 0 Å². The first kappa shape index (κ1) is 16.1. The molecular weight excluding hydrogens is 276 g/mol. The highest BCUT2D eigenvalue weighted by Crippen LogP contribution is 2.39. The fraction of sp³-hybridized carbons (Fsp3) is 0.391. The number of fused-ring (bicyclic) bond motifs is 1. The van der Waals surface area contributed by atoms with E-state index in [0.29, 0.717) is 5.92 Å². The molecule has 23 heavy (non-hydrogen) atoms. The minimum Gasteiger partial charge on any atom is -0.0648 e. The maximum absolute atomic E-state index is 2.48. The molecule has 1 unspecified atom stereocenters. The molecule has 0 amide bonds. The van der Waals surface area contributed by atoms with Crippen LogP contribution in [0.3, 0.4) is 0 Å². The van der Waals surface area contributed by atoms with Crippen LogP contribution in [0.4, 0.5) is 0 Å². The second-order valence-electron chi connectivity index (χ2n) is 7.11. The van der Waals surface area contributed by atoms with Crippen molar-refractivity contribution in [2.24, 2.45) is 5.92 Å². The van der Waals surface area contributed by atoms with E-state index in [1.54, 1.807) is 5.57 Å². The molecule has 0 spiro atoms. The van der Waals surface area contributed by atoms with Crippen molar-refractivity contribution < 1.29 is 0 Å². The minimum atomic E-state index is 0.680. The van der Waals surface area contributed by atoms with Gasteiger partial charge in [0.2, 0.25) is 0 Å². The van der Waals surface area contributed by atoms with E-state index in [9.17, 15) is 0 Å². The first-order valence-electron chi connectivity index (χ1n) is 8.97. The molecule has 0 saturated carbocycles. The number of rotatable bonds is 4. The Morgan fingerprint density at radius 1 is 1.00 bits per heavy atom. The van der Waals surface area contributed by atoms with E-state index in [1.807, 2.05) is 0 Å². The normalized spacial score (nSPS) is 14.6. The van der Waals surface area contributed by atoms with Gasteiger partial charge in [0, 0.05) is 0 Å². The molecule has 2 aromatic rings. The SMILES string of the molecule is CCc1ccc2c(c1-c1cc(C)cc(C)c1)C=C(C(C)CC)C2. The lowest BCUT2D eigenvalue weighted by molar-refractivity contribution is 0.647. The molecule has 1 aliphatic rings. The van der Waals surface area contributed by atoms with Gasteiger partial charge < -0.3 is 0 Å². The van der Waals surface area contributed by atoms with Crippen LogP contribution in [0.5, 0.6) is 0 Å². The summed E-state index contributed by atoms with van der Waals surface area (Å²) in [7, 11) is 0. The summed E-state index contributed by atoms with van der Waals surface area (Å²) in [6, 6.07) is 11.7. The summed E-state index contributed by atoms with van der Waals surface area (Å²) in [6.07, 6.45) is 5.92. The maximum atomic E-state index is 2.48. The fourth-order valence-electron chi connectivity index (χ4n) is 3.82. The Morgan fingerprint density at radius 2 is 1.70 bits per heavy atom. The van der Waals surface area contributed by atoms with E-state index in [0.717, 1.165) is 12.8 Å². The Labute approximate surface area is 141 Å². The third-order valence-electron chi connectivity index (χ3n) is 5.28. The van der Waals surface area contributed by atoms with Gasteiger partial charge in [0.1, 0.15) is 0 Å². The van der Waals surface area contributed by atoms with Crippen molar-refractivity contribution >= 4 is 6.08 Å². The van der Waals surface area contributed by atoms with E-state index in [4.69, 9.17) is 0 Å². The molecule has 0 heterocycles. The molecule has 2 aromatic carbocycles. The van der Waals surface area contributed by atoms with Crippen LogP contribution in [0, 0.1) is 19.8 Å². The third kappa shape index (κ3) is 3.00. The Hall–Kier alpha value is -1.82. The van der Waals surface area contributed by atoms with Crippen molar-refractivity contribution in [2.45, 2.75) is 53.9 Å². The Kier molecular flexibility index (Phi) is 4.43. The van der Waals surface area contributed by atoms with Crippen molar-refractivity contribution in [3.8, 4) is 11.1 Å². The monoisotopic (exact) mass is 304 g/mol. The molecule has 1 aliphatic carbocycles. The quantitative estimate of drug-likeness (QED) is 0.603. The van der Waals surface area contributed by atoms with E-state index < -0.39 is 0 Å². The molecule has 0 nitrogen and oxygen atoms in total. The molecule has 0 aliphatic heterocycles. The van der Waals surface area contributed by atoms with Gasteiger partial charge in [-0.25, -0.2) is 0 Å². The van der Waals surface area contributed by atoms with Crippen molar-refractivity contribution in [1.82, 2.24) is 0 Å². The van der Waals surface area contributed by atoms with Gasteiger partial charge >= 0.3 is 0 Å². The number of aryl methyl sites for hydroxylation is 3. The smallest absolute Gasteiger partial charge is 0.00549 e. The number of allylic oxidation sites excluding steroid dienone is 1. The van der Waals surface area contributed by atoms with Crippen LogP contribution in [0.1, 0.15) is 55.0 Å². The topological polar surface area (TPSA) is 0 Å². The highest BCUT2D eigenvalue weighted by atomic mass is 14.3. The zero-order valence-corrected chi connectivity index (χ0v) is 15.2. The molecule has 1 atom stereocenters. The molecule has 0 saturated heterocycles. The summed E-state index contributed by atoms with van der Waals surface area (Å²) in [6.45, 7) is 11.3. The largest absolute Gasteiger partial charge is 0.0648 e. The molecule has 3 rings (SSSR count). The van der Waals surface area contributed by atoms with Crippen LogP contribution in [0.25, 0.3) is 17.2 Å². The van der Waals surface area contributed by atoms with E-state index in [2.05, 4.69) is 71.0 Å². The van der Waals surface area contributed by atoms with E-state index >= 15 is 0 Å². The van der Waals surface area contributed by atoms with Crippen molar-refractivity contribution in [1.29, 1.82) is 0 Å². The standard InChI is InChI=1S/C23H28/c1-6-17(5)20-13-19-9-8-18(7-2)23(22(19)14-20)21-11-15(3)10-16(4)12-21/h8-12,14,17H,6-7,13H2,1-5H3. The van der Waals surface area contributed by atoms with Crippen molar-refractivity contribution in [3.05, 3.63) is 63.7 Å². The minimum absolute atomic E-state index is 0.680. The zero-order valence-electron chi connectivity index (χ0n) is 15.2. The van der Waals surface area contributed by atoms with E-state index in [-0.39, 0.29) is 0 Å². The zero-order chi connectivity index (χ0) is 16.6. The van der Waals surface area contributed by atoms with Crippen molar-refractivity contribution in [2.75, 3.05) is 0 Å². The van der Waals surface area contributed by atoms with Crippen LogP contribution in [-0.4, -0.2) is 0 Å². The highest BCUT2D eigenvalue weighted by Gasteiger charge is 2.21. The lowest BCUT2D eigenvalue weighted by Gasteiger charge is -2.15. The highest BCUT2D eigenvalue weighted by molar-refractivity contribution is 5.83. The maximum Gasteiger partial charge on any atom is -0.00549 e. The summed E-state index contributed by atoms with van der Waals surface area (Å²) in [5, 5.41) is 0. The van der Waals surface area contributed by atoms with Gasteiger partial charge in [-0.3, -0.25) is 0 Å². The van der Waals surface area contributed by atoms with Gasteiger partial charge in [0.05, 0.1) is 0 Å². The number of benzene rings is 2. The van der Waals surface area contributed by atoms with Gasteiger partial charge in [-0.2, -0.15) is 0 Å². The molecule has 0 N–H and O–H groups in total. The van der Waals surface area contributed by atoms with Crippen molar-refractivity contribution in [3.63, 3.8) is 0 Å². The average Bonchev–Trinajstić information content (AvgIpc) is 2.96. The Morgan fingerprint density at radius 3 is 2.30 bits per heavy atom. The Bertz CT molecular complexity index is 742. The number of hydrogen-bond donors (Lipinski definition) is 0. The van der Waals surface area contributed by atoms with Gasteiger partial charge in [-0.1, -0.05) is 73.9 Å². The Balaban J connectivity index is 2.20. The molecular formula is C23H28. The molecule has 0 radical (unpaired) electrons. The van der Waals surface area contributed by atoms with Gasteiger partial charge in [0.25, 0.3) is 0 Å². The third-order valence-corrected chi connectivity index (χ3v) is 5.28. The van der Waals surface area contributed by atoms with Gasteiger partial charge in [-0.05, 0) is 66.8 Å². The fourth-order valence-corrected chi connectivity index (χ4v) is 3.82.